The Morgan fingerprint density at radius 3 is 2.53 bits per heavy atom. The third kappa shape index (κ3) is 6.09. The Morgan fingerprint density at radius 1 is 1.19 bits per heavy atom. The molecule has 2 fully saturated rings. The van der Waals surface area contributed by atoms with Crippen molar-refractivity contribution < 1.29 is 32.6 Å². The smallest absolute Gasteiger partial charge is 0.475 e. The molecule has 3 heterocycles. The highest BCUT2D eigenvalue weighted by Crippen LogP contribution is 2.26. The fourth-order valence-corrected chi connectivity index (χ4v) is 2.99. The molecule has 172 valence electrons. The average molecular weight is 454 g/mol. The first-order valence-corrected chi connectivity index (χ1v) is 9.80. The van der Waals surface area contributed by atoms with Gasteiger partial charge < -0.3 is 20.1 Å². The molecule has 1 saturated carbocycles. The number of alkyl halides is 3. The molecule has 0 radical (unpaired) electrons. The van der Waals surface area contributed by atoms with Crippen molar-refractivity contribution in [2.75, 3.05) is 25.1 Å². The van der Waals surface area contributed by atoms with Gasteiger partial charge in [0.1, 0.15) is 17.6 Å². The van der Waals surface area contributed by atoms with Crippen LogP contribution in [0, 0.1) is 0 Å². The number of carboxylic acid groups (broad SMARTS) is 1. The number of anilines is 1. The van der Waals surface area contributed by atoms with E-state index in [1.54, 1.807) is 17.3 Å². The van der Waals surface area contributed by atoms with E-state index in [0.717, 1.165) is 5.82 Å². The Morgan fingerprint density at radius 2 is 1.94 bits per heavy atom. The van der Waals surface area contributed by atoms with Gasteiger partial charge in [0.15, 0.2) is 5.82 Å². The Balaban J connectivity index is 0.000000360. The van der Waals surface area contributed by atoms with E-state index >= 15 is 0 Å². The quantitative estimate of drug-likeness (QED) is 0.713. The second kappa shape index (κ2) is 10.3. The molecule has 2 aromatic rings. The Bertz CT molecular complexity index is 927. The summed E-state index contributed by atoms with van der Waals surface area (Å²) in [6, 6.07) is 2.02. The molecule has 4 rings (SSSR count). The summed E-state index contributed by atoms with van der Waals surface area (Å²) in [5.74, 6) is -1.55. The molecule has 2 aromatic heterocycles. The number of nitrogens with zero attached hydrogens (tertiary/aromatic N) is 5. The van der Waals surface area contributed by atoms with Crippen molar-refractivity contribution in [1.82, 2.24) is 24.8 Å². The summed E-state index contributed by atoms with van der Waals surface area (Å²) in [5.41, 5.74) is 0.318. The second-order valence-corrected chi connectivity index (χ2v) is 7.06. The van der Waals surface area contributed by atoms with Gasteiger partial charge in [0, 0.05) is 31.2 Å². The molecular formula is C19H21F3N6O4. The van der Waals surface area contributed by atoms with E-state index in [9.17, 15) is 18.0 Å². The summed E-state index contributed by atoms with van der Waals surface area (Å²) in [5, 5.41) is 10.5. The number of hydrogen-bond acceptors (Lipinski definition) is 8. The van der Waals surface area contributed by atoms with Crippen LogP contribution in [0.4, 0.5) is 19.0 Å². The van der Waals surface area contributed by atoms with Gasteiger partial charge in [-0.1, -0.05) is 0 Å². The number of nitrogens with one attached hydrogen (secondary N) is 1. The topological polar surface area (TPSA) is 130 Å². The molecule has 0 bridgehead atoms. The van der Waals surface area contributed by atoms with Crippen LogP contribution in [0.25, 0.3) is 0 Å². The number of carboxylic acids is 1. The molecule has 2 aliphatic rings. The van der Waals surface area contributed by atoms with E-state index < -0.39 is 12.1 Å². The summed E-state index contributed by atoms with van der Waals surface area (Å²) < 4.78 is 37.3. The van der Waals surface area contributed by atoms with Crippen molar-refractivity contribution in [3.8, 4) is 0 Å². The molecule has 1 aliphatic carbocycles. The lowest BCUT2D eigenvalue weighted by molar-refractivity contribution is -0.192. The number of carbonyl (C=O) groups is 2. The zero-order valence-electron chi connectivity index (χ0n) is 16.8. The Kier molecular flexibility index (Phi) is 7.51. The molecule has 1 atom stereocenters. The number of hydrogen-bond donors (Lipinski definition) is 2. The van der Waals surface area contributed by atoms with Gasteiger partial charge in [-0.15, -0.1) is 0 Å². The van der Waals surface area contributed by atoms with Crippen LogP contribution in [0.3, 0.4) is 0 Å². The SMILES string of the molecule is O=C(O)C(F)(F)F.O=C(c1cnccn1)N1CCOCC1c1nccc(NC2CCC2)n1. The predicted octanol–water partition coefficient (Wildman–Crippen LogP) is 2.08. The lowest BCUT2D eigenvalue weighted by atomic mass is 9.93. The number of morpholine rings is 1. The van der Waals surface area contributed by atoms with Crippen molar-refractivity contribution in [3.63, 3.8) is 0 Å². The first-order valence-electron chi connectivity index (χ1n) is 9.80. The van der Waals surface area contributed by atoms with Crippen molar-refractivity contribution in [3.05, 3.63) is 42.4 Å². The number of carbonyl (C=O) groups excluding carboxylic acids is 1. The minimum absolute atomic E-state index is 0.178. The van der Waals surface area contributed by atoms with Gasteiger partial charge in [-0.25, -0.2) is 19.7 Å². The minimum atomic E-state index is -5.08. The van der Waals surface area contributed by atoms with Gasteiger partial charge in [0.2, 0.25) is 0 Å². The van der Waals surface area contributed by atoms with E-state index in [-0.39, 0.29) is 11.9 Å². The molecule has 32 heavy (non-hydrogen) atoms. The largest absolute Gasteiger partial charge is 0.490 e. The third-order valence-corrected chi connectivity index (χ3v) is 4.84. The summed E-state index contributed by atoms with van der Waals surface area (Å²) >= 11 is 0. The molecule has 13 heteroatoms. The molecule has 2 N–H and O–H groups in total. The normalized spacial score (nSPS) is 18.7. The van der Waals surface area contributed by atoms with Crippen LogP contribution in [0.1, 0.15) is 41.6 Å². The van der Waals surface area contributed by atoms with Crippen molar-refractivity contribution >= 4 is 17.7 Å². The van der Waals surface area contributed by atoms with Crippen molar-refractivity contribution in [2.24, 2.45) is 0 Å². The van der Waals surface area contributed by atoms with Crippen LogP contribution in [0.5, 0.6) is 0 Å². The maximum atomic E-state index is 12.8. The van der Waals surface area contributed by atoms with Crippen LogP contribution in [0.2, 0.25) is 0 Å². The zero-order chi connectivity index (χ0) is 23.1. The first kappa shape index (κ1) is 23.3. The van der Waals surface area contributed by atoms with Crippen LogP contribution >= 0.6 is 0 Å². The summed E-state index contributed by atoms with van der Waals surface area (Å²) in [6.45, 7) is 1.34. The average Bonchev–Trinajstić information content (AvgIpc) is 2.76. The van der Waals surface area contributed by atoms with E-state index in [1.165, 1.54) is 31.7 Å². The van der Waals surface area contributed by atoms with Crippen LogP contribution in [-0.2, 0) is 9.53 Å². The van der Waals surface area contributed by atoms with E-state index in [0.29, 0.717) is 37.3 Å². The van der Waals surface area contributed by atoms with Crippen molar-refractivity contribution in [2.45, 2.75) is 37.5 Å². The van der Waals surface area contributed by atoms with Crippen LogP contribution < -0.4 is 5.32 Å². The molecular weight excluding hydrogens is 433 g/mol. The highest BCUT2D eigenvalue weighted by atomic mass is 19.4. The fourth-order valence-electron chi connectivity index (χ4n) is 2.99. The lowest BCUT2D eigenvalue weighted by Gasteiger charge is -2.34. The third-order valence-electron chi connectivity index (χ3n) is 4.84. The van der Waals surface area contributed by atoms with Gasteiger partial charge in [0.05, 0.1) is 19.4 Å². The molecule has 0 spiro atoms. The lowest BCUT2D eigenvalue weighted by Crippen LogP contribution is -2.44. The Hall–Kier alpha value is -3.35. The van der Waals surface area contributed by atoms with Gasteiger partial charge >= 0.3 is 12.1 Å². The Labute approximate surface area is 180 Å². The van der Waals surface area contributed by atoms with Gasteiger partial charge in [0.25, 0.3) is 5.91 Å². The van der Waals surface area contributed by atoms with Crippen molar-refractivity contribution in [1.29, 1.82) is 0 Å². The maximum absolute atomic E-state index is 12.8. The minimum Gasteiger partial charge on any atom is -0.475 e. The van der Waals surface area contributed by atoms with E-state index in [4.69, 9.17) is 14.6 Å². The second-order valence-electron chi connectivity index (χ2n) is 7.06. The standard InChI is InChI=1S/C17H20N6O2.C2HF3O2/c24-17(13-10-18-6-7-19-13)23-8-9-25-11-14(23)16-20-5-4-15(22-16)21-12-2-1-3-12;3-2(4,5)1(6)7/h4-7,10,12,14H,1-3,8-9,11H2,(H,20,21,22);(H,6,7). The molecule has 1 unspecified atom stereocenters. The highest BCUT2D eigenvalue weighted by molar-refractivity contribution is 5.92. The summed E-state index contributed by atoms with van der Waals surface area (Å²) in [6.07, 6.45) is 4.78. The van der Waals surface area contributed by atoms with E-state index in [2.05, 4.69) is 25.3 Å². The summed E-state index contributed by atoms with van der Waals surface area (Å²) in [7, 11) is 0. The zero-order valence-corrected chi connectivity index (χ0v) is 16.8. The number of halogens is 3. The van der Waals surface area contributed by atoms with Gasteiger partial charge in [-0.3, -0.25) is 9.78 Å². The van der Waals surface area contributed by atoms with Gasteiger partial charge in [-0.2, -0.15) is 13.2 Å². The van der Waals surface area contributed by atoms with Gasteiger partial charge in [-0.05, 0) is 25.3 Å². The molecule has 1 aliphatic heterocycles. The monoisotopic (exact) mass is 454 g/mol. The number of aromatic nitrogens is 4. The highest BCUT2D eigenvalue weighted by Gasteiger charge is 2.38. The maximum Gasteiger partial charge on any atom is 0.490 e. The fraction of sp³-hybridized carbons (Fsp3) is 0.474. The number of aliphatic carboxylic acids is 1. The molecule has 1 saturated heterocycles. The van der Waals surface area contributed by atoms with Crippen LogP contribution in [0.15, 0.2) is 30.9 Å². The molecule has 1 amide bonds. The molecule has 10 nitrogen and oxygen atoms in total. The predicted molar refractivity (Wildman–Crippen MR) is 104 cm³/mol. The number of rotatable bonds is 4. The van der Waals surface area contributed by atoms with Crippen LogP contribution in [-0.4, -0.2) is 73.8 Å². The number of ether oxygens (including phenoxy) is 1. The first-order chi connectivity index (χ1) is 15.3. The molecule has 0 aromatic carbocycles. The van der Waals surface area contributed by atoms with E-state index in [1.807, 2.05) is 6.07 Å². The number of amides is 1. The summed E-state index contributed by atoms with van der Waals surface area (Å²) in [4.78, 5) is 40.5.